The van der Waals surface area contributed by atoms with Gasteiger partial charge in [0.25, 0.3) is 11.5 Å². The van der Waals surface area contributed by atoms with Crippen molar-refractivity contribution in [2.24, 2.45) is 14.1 Å². The van der Waals surface area contributed by atoms with E-state index in [4.69, 9.17) is 28.9 Å². The third-order valence-electron chi connectivity index (χ3n) is 5.18. The summed E-state index contributed by atoms with van der Waals surface area (Å²) in [5.41, 5.74) is 4.70. The molecule has 0 unspecified atom stereocenters. The molecule has 0 aliphatic carbocycles. The number of Topliss-reactive ketones (excluding diaryl/α,β-unsaturated/α-hetero) is 1. The molecule has 0 atom stereocenters. The number of nitrogens with zero attached hydrogens (tertiary/aromatic N) is 4. The molecule has 30 heavy (non-hydrogen) atoms. The Morgan fingerprint density at radius 2 is 1.67 bits per heavy atom. The van der Waals surface area contributed by atoms with Gasteiger partial charge in [0.2, 0.25) is 0 Å². The number of anilines is 1. The van der Waals surface area contributed by atoms with Crippen molar-refractivity contribution in [1.82, 2.24) is 18.9 Å². The van der Waals surface area contributed by atoms with Crippen LogP contribution in [0.4, 0.5) is 5.82 Å². The van der Waals surface area contributed by atoms with E-state index in [0.717, 1.165) is 9.13 Å². The summed E-state index contributed by atoms with van der Waals surface area (Å²) >= 11 is 12.0. The Morgan fingerprint density at radius 3 is 2.27 bits per heavy atom. The van der Waals surface area contributed by atoms with E-state index < -0.39 is 17.0 Å². The molecular formula is C19H21Cl2N5O4. The highest BCUT2D eigenvalue weighted by molar-refractivity contribution is 6.36. The number of nitrogen functional groups attached to an aromatic ring is 1. The van der Waals surface area contributed by atoms with Crippen LogP contribution in [0.2, 0.25) is 10.0 Å². The molecule has 1 aliphatic heterocycles. The Bertz CT molecular complexity index is 1130. The predicted molar refractivity (Wildman–Crippen MR) is 114 cm³/mol. The van der Waals surface area contributed by atoms with E-state index >= 15 is 0 Å². The molecule has 1 fully saturated rings. The van der Waals surface area contributed by atoms with Gasteiger partial charge in [0.05, 0.1) is 17.1 Å². The van der Waals surface area contributed by atoms with Gasteiger partial charge in [-0.15, -0.1) is 0 Å². The Hall–Kier alpha value is -2.62. The zero-order chi connectivity index (χ0) is 22.2. The lowest BCUT2D eigenvalue weighted by Crippen LogP contribution is -2.50. The van der Waals surface area contributed by atoms with Crippen LogP contribution in [0.3, 0.4) is 0 Å². The molecule has 0 radical (unpaired) electrons. The highest BCUT2D eigenvalue weighted by Gasteiger charge is 2.27. The molecule has 1 saturated heterocycles. The SMILES string of the molecule is Cn1c(N)c(C(=O)CN2CCN(C(=O)c3ccc(Cl)cc3Cl)CC2)c(=O)n(C)c1=O. The third kappa shape index (κ3) is 4.14. The van der Waals surface area contributed by atoms with E-state index in [9.17, 15) is 19.2 Å². The number of hydrogen-bond donors (Lipinski definition) is 1. The van der Waals surface area contributed by atoms with Gasteiger partial charge >= 0.3 is 5.69 Å². The monoisotopic (exact) mass is 453 g/mol. The number of benzene rings is 1. The van der Waals surface area contributed by atoms with Crippen LogP contribution in [0.15, 0.2) is 27.8 Å². The molecule has 2 heterocycles. The van der Waals surface area contributed by atoms with E-state index in [1.165, 1.54) is 20.2 Å². The van der Waals surface area contributed by atoms with Gasteiger partial charge in [-0.3, -0.25) is 28.4 Å². The first-order chi connectivity index (χ1) is 14.1. The molecular weight excluding hydrogens is 433 g/mol. The van der Waals surface area contributed by atoms with Gasteiger partial charge in [-0.25, -0.2) is 4.79 Å². The summed E-state index contributed by atoms with van der Waals surface area (Å²) in [7, 11) is 2.70. The van der Waals surface area contributed by atoms with Gasteiger partial charge in [-0.2, -0.15) is 0 Å². The summed E-state index contributed by atoms with van der Waals surface area (Å²) in [5.74, 6) is -0.831. The first-order valence-corrected chi connectivity index (χ1v) is 9.92. The smallest absolute Gasteiger partial charge is 0.332 e. The fraction of sp³-hybridized carbons (Fsp3) is 0.368. The maximum absolute atomic E-state index is 12.7. The van der Waals surface area contributed by atoms with Gasteiger partial charge in [0.1, 0.15) is 11.4 Å². The van der Waals surface area contributed by atoms with Gasteiger partial charge in [-0.1, -0.05) is 23.2 Å². The number of aromatic nitrogens is 2. The molecule has 0 bridgehead atoms. The van der Waals surface area contributed by atoms with Crippen LogP contribution in [0.25, 0.3) is 0 Å². The Morgan fingerprint density at radius 1 is 1.03 bits per heavy atom. The Labute approximate surface area is 182 Å². The lowest BCUT2D eigenvalue weighted by Gasteiger charge is -2.34. The molecule has 1 aliphatic rings. The second-order valence-electron chi connectivity index (χ2n) is 7.08. The fourth-order valence-electron chi connectivity index (χ4n) is 3.35. The van der Waals surface area contributed by atoms with E-state index in [0.29, 0.717) is 36.8 Å². The Kier molecular flexibility index (Phi) is 6.35. The van der Waals surface area contributed by atoms with E-state index in [1.807, 2.05) is 4.90 Å². The lowest BCUT2D eigenvalue weighted by atomic mass is 10.1. The van der Waals surface area contributed by atoms with Crippen LogP contribution < -0.4 is 17.0 Å². The molecule has 3 rings (SSSR count). The predicted octanol–water partition coefficient (Wildman–Crippen LogP) is 0.614. The van der Waals surface area contributed by atoms with Crippen LogP contribution in [0, 0.1) is 0 Å². The van der Waals surface area contributed by atoms with Crippen LogP contribution in [0.5, 0.6) is 0 Å². The second-order valence-corrected chi connectivity index (χ2v) is 7.93. The highest BCUT2D eigenvalue weighted by Crippen LogP contribution is 2.23. The zero-order valence-corrected chi connectivity index (χ0v) is 18.0. The summed E-state index contributed by atoms with van der Waals surface area (Å²) in [6.07, 6.45) is 0. The number of piperazine rings is 1. The van der Waals surface area contributed by atoms with Crippen molar-refractivity contribution in [3.63, 3.8) is 0 Å². The number of halogens is 2. The first kappa shape index (κ1) is 22.1. The largest absolute Gasteiger partial charge is 0.384 e. The number of rotatable bonds is 4. The minimum absolute atomic E-state index is 0.0403. The van der Waals surface area contributed by atoms with Crippen molar-refractivity contribution in [2.45, 2.75) is 0 Å². The van der Waals surface area contributed by atoms with Crippen LogP contribution in [0.1, 0.15) is 20.7 Å². The Balaban J connectivity index is 1.68. The van der Waals surface area contributed by atoms with Crippen molar-refractivity contribution < 1.29 is 9.59 Å². The van der Waals surface area contributed by atoms with Gasteiger partial charge in [0.15, 0.2) is 5.78 Å². The molecule has 2 N–H and O–H groups in total. The number of carbonyl (C=O) groups is 2. The van der Waals surface area contributed by atoms with Gasteiger partial charge in [-0.05, 0) is 18.2 Å². The average Bonchev–Trinajstić information content (AvgIpc) is 2.71. The number of nitrogens with two attached hydrogens (primary N) is 1. The van der Waals surface area contributed by atoms with E-state index in [1.54, 1.807) is 17.0 Å². The molecule has 1 amide bonds. The zero-order valence-electron chi connectivity index (χ0n) is 16.5. The summed E-state index contributed by atoms with van der Waals surface area (Å²) in [6.45, 7) is 1.63. The molecule has 0 saturated carbocycles. The lowest BCUT2D eigenvalue weighted by molar-refractivity contribution is 0.0624. The third-order valence-corrected chi connectivity index (χ3v) is 5.72. The minimum atomic E-state index is -0.716. The number of amides is 1. The van der Waals surface area contributed by atoms with Crippen molar-refractivity contribution in [2.75, 3.05) is 38.5 Å². The summed E-state index contributed by atoms with van der Waals surface area (Å²) in [5, 5.41) is 0.731. The number of hydrogen-bond acceptors (Lipinski definition) is 6. The first-order valence-electron chi connectivity index (χ1n) is 9.17. The maximum atomic E-state index is 12.7. The van der Waals surface area contributed by atoms with E-state index in [2.05, 4.69) is 0 Å². The van der Waals surface area contributed by atoms with Crippen molar-refractivity contribution >= 4 is 40.7 Å². The van der Waals surface area contributed by atoms with Crippen LogP contribution >= 0.6 is 23.2 Å². The van der Waals surface area contributed by atoms with Crippen molar-refractivity contribution in [3.05, 3.63) is 60.2 Å². The molecule has 11 heteroatoms. The van der Waals surface area contributed by atoms with Gasteiger partial charge < -0.3 is 10.6 Å². The highest BCUT2D eigenvalue weighted by atomic mass is 35.5. The van der Waals surface area contributed by atoms with E-state index in [-0.39, 0.29) is 28.9 Å². The summed E-state index contributed by atoms with van der Waals surface area (Å²) in [6, 6.07) is 4.71. The number of carbonyl (C=O) groups excluding carboxylic acids is 2. The van der Waals surface area contributed by atoms with Crippen molar-refractivity contribution in [1.29, 1.82) is 0 Å². The normalized spacial score (nSPS) is 14.7. The summed E-state index contributed by atoms with van der Waals surface area (Å²) < 4.78 is 1.93. The fourth-order valence-corrected chi connectivity index (χ4v) is 3.84. The molecule has 1 aromatic carbocycles. The molecule has 1 aromatic heterocycles. The quantitative estimate of drug-likeness (QED) is 0.679. The average molecular weight is 454 g/mol. The molecule has 160 valence electrons. The minimum Gasteiger partial charge on any atom is -0.384 e. The molecule has 0 spiro atoms. The summed E-state index contributed by atoms with van der Waals surface area (Å²) in [4.78, 5) is 53.2. The number of ketones is 1. The second kappa shape index (κ2) is 8.63. The van der Waals surface area contributed by atoms with Crippen LogP contribution in [-0.4, -0.2) is 63.3 Å². The van der Waals surface area contributed by atoms with Crippen LogP contribution in [-0.2, 0) is 14.1 Å². The van der Waals surface area contributed by atoms with Gasteiger partial charge in [0, 0.05) is 45.3 Å². The molecule has 2 aromatic rings. The maximum Gasteiger partial charge on any atom is 0.332 e. The topological polar surface area (TPSA) is 111 Å². The molecule has 9 nitrogen and oxygen atoms in total. The van der Waals surface area contributed by atoms with Crippen molar-refractivity contribution in [3.8, 4) is 0 Å². The standard InChI is InChI=1S/C19H21Cl2N5O4/c1-23-16(22)15(18(29)24(2)19(23)30)14(27)10-25-5-7-26(8-6-25)17(28)12-4-3-11(20)9-13(12)21/h3-4,9H,5-8,10,22H2,1-2H3.